The Morgan fingerprint density at radius 2 is 2.14 bits per heavy atom. The van der Waals surface area contributed by atoms with Crippen LogP contribution in [0.1, 0.15) is 12.8 Å². The molecule has 2 aromatic rings. The summed E-state index contributed by atoms with van der Waals surface area (Å²) in [5.74, 6) is 1.03. The molecule has 21 heavy (non-hydrogen) atoms. The predicted octanol–water partition coefficient (Wildman–Crippen LogP) is 2.26. The number of likely N-dealkylation sites (N-methyl/N-ethyl adjacent to an activating group) is 1. The fourth-order valence-electron chi connectivity index (χ4n) is 2.38. The number of rotatable bonds is 5. The molecule has 2 heterocycles. The second-order valence-electron chi connectivity index (χ2n) is 5.17. The molecule has 1 fully saturated rings. The van der Waals surface area contributed by atoms with Gasteiger partial charge in [-0.15, -0.1) is 0 Å². The summed E-state index contributed by atoms with van der Waals surface area (Å²) in [4.78, 5) is 20.2. The Hall–Kier alpha value is -1.95. The van der Waals surface area contributed by atoms with Crippen LogP contribution >= 0.6 is 11.5 Å². The molecule has 1 aliphatic rings. The number of anilines is 1. The van der Waals surface area contributed by atoms with E-state index in [9.17, 15) is 4.79 Å². The normalized spacial score (nSPS) is 14.7. The highest BCUT2D eigenvalue weighted by molar-refractivity contribution is 7.09. The van der Waals surface area contributed by atoms with Crippen LogP contribution in [0.5, 0.6) is 0 Å². The van der Waals surface area contributed by atoms with E-state index in [0.717, 1.165) is 42.6 Å². The van der Waals surface area contributed by atoms with Crippen molar-refractivity contribution >= 4 is 22.6 Å². The predicted molar refractivity (Wildman–Crippen MR) is 84.4 cm³/mol. The Bertz CT molecular complexity index is 613. The first-order valence-electron chi connectivity index (χ1n) is 7.12. The summed E-state index contributed by atoms with van der Waals surface area (Å²) in [6.45, 7) is 2.43. The zero-order valence-corrected chi connectivity index (χ0v) is 12.8. The maximum absolute atomic E-state index is 11.6. The number of carbonyl (C=O) groups excluding carboxylic acids is 1. The lowest BCUT2D eigenvalue weighted by Crippen LogP contribution is -2.33. The van der Waals surface area contributed by atoms with Gasteiger partial charge in [-0.1, -0.05) is 30.3 Å². The van der Waals surface area contributed by atoms with Crippen LogP contribution in [-0.2, 0) is 4.79 Å². The van der Waals surface area contributed by atoms with Gasteiger partial charge < -0.3 is 9.80 Å². The van der Waals surface area contributed by atoms with E-state index in [2.05, 4.69) is 14.3 Å². The number of carbonyl (C=O) groups is 1. The van der Waals surface area contributed by atoms with E-state index in [0.29, 0.717) is 6.42 Å². The highest BCUT2D eigenvalue weighted by Gasteiger charge is 2.20. The minimum absolute atomic E-state index is 0.269. The molecule has 1 amide bonds. The fraction of sp³-hybridized carbons (Fsp3) is 0.400. The molecule has 1 aromatic heterocycles. The highest BCUT2D eigenvalue weighted by Crippen LogP contribution is 2.23. The van der Waals surface area contributed by atoms with Gasteiger partial charge in [-0.05, 0) is 6.42 Å². The molecule has 6 heteroatoms. The van der Waals surface area contributed by atoms with Gasteiger partial charge in [-0.3, -0.25) is 4.79 Å². The van der Waals surface area contributed by atoms with Gasteiger partial charge in [0.2, 0.25) is 11.0 Å². The number of aromatic nitrogens is 2. The van der Waals surface area contributed by atoms with Gasteiger partial charge in [0.1, 0.15) is 0 Å². The largest absolute Gasteiger partial charge is 0.348 e. The van der Waals surface area contributed by atoms with Crippen molar-refractivity contribution in [3.8, 4) is 11.4 Å². The van der Waals surface area contributed by atoms with Gasteiger partial charge in [-0.25, -0.2) is 0 Å². The SMILES string of the molecule is CN(CCN1CCCC1=O)c1nc(-c2ccccc2)ns1. The minimum Gasteiger partial charge on any atom is -0.348 e. The number of hydrogen-bond donors (Lipinski definition) is 0. The summed E-state index contributed by atoms with van der Waals surface area (Å²) >= 11 is 1.40. The average molecular weight is 302 g/mol. The number of nitrogens with zero attached hydrogens (tertiary/aromatic N) is 4. The molecule has 110 valence electrons. The molecule has 3 rings (SSSR count). The van der Waals surface area contributed by atoms with Gasteiger partial charge in [0.15, 0.2) is 5.82 Å². The first-order chi connectivity index (χ1) is 10.2. The van der Waals surface area contributed by atoms with Crippen molar-refractivity contribution < 1.29 is 4.79 Å². The number of amides is 1. The second kappa shape index (κ2) is 6.22. The van der Waals surface area contributed by atoms with Crippen LogP contribution in [0.2, 0.25) is 0 Å². The van der Waals surface area contributed by atoms with Crippen LogP contribution in [0.3, 0.4) is 0 Å². The molecule has 0 bridgehead atoms. The van der Waals surface area contributed by atoms with Crippen molar-refractivity contribution in [1.29, 1.82) is 0 Å². The van der Waals surface area contributed by atoms with Crippen LogP contribution in [-0.4, -0.2) is 46.8 Å². The molecule has 0 atom stereocenters. The highest BCUT2D eigenvalue weighted by atomic mass is 32.1. The molecular weight excluding hydrogens is 284 g/mol. The lowest BCUT2D eigenvalue weighted by molar-refractivity contribution is -0.127. The van der Waals surface area contributed by atoms with E-state index in [1.807, 2.05) is 42.3 Å². The number of benzene rings is 1. The molecule has 0 unspecified atom stereocenters. The Morgan fingerprint density at radius 3 is 2.86 bits per heavy atom. The Balaban J connectivity index is 1.61. The van der Waals surface area contributed by atoms with Crippen LogP contribution in [0.25, 0.3) is 11.4 Å². The van der Waals surface area contributed by atoms with E-state index >= 15 is 0 Å². The monoisotopic (exact) mass is 302 g/mol. The van der Waals surface area contributed by atoms with Gasteiger partial charge in [-0.2, -0.15) is 9.36 Å². The van der Waals surface area contributed by atoms with Crippen molar-refractivity contribution in [2.45, 2.75) is 12.8 Å². The molecule has 0 spiro atoms. The van der Waals surface area contributed by atoms with Crippen LogP contribution < -0.4 is 4.90 Å². The maximum atomic E-state index is 11.6. The Labute approximate surface area is 128 Å². The smallest absolute Gasteiger partial charge is 0.222 e. The summed E-state index contributed by atoms with van der Waals surface area (Å²) in [5.41, 5.74) is 1.03. The average Bonchev–Trinajstić information content (AvgIpc) is 3.15. The maximum Gasteiger partial charge on any atom is 0.222 e. The molecule has 1 saturated heterocycles. The summed E-state index contributed by atoms with van der Waals surface area (Å²) in [5, 5.41) is 0.889. The minimum atomic E-state index is 0.269. The van der Waals surface area contributed by atoms with Crippen LogP contribution in [0, 0.1) is 0 Å². The lowest BCUT2D eigenvalue weighted by atomic mass is 10.2. The standard InChI is InChI=1S/C15H18N4OS/c1-18(10-11-19-9-5-8-13(19)20)15-16-14(17-21-15)12-6-3-2-4-7-12/h2-4,6-7H,5,8-11H2,1H3. The third kappa shape index (κ3) is 3.21. The first kappa shape index (κ1) is 14.0. The molecule has 0 N–H and O–H groups in total. The molecule has 0 saturated carbocycles. The number of hydrogen-bond acceptors (Lipinski definition) is 5. The van der Waals surface area contributed by atoms with Gasteiger partial charge in [0, 0.05) is 50.2 Å². The zero-order valence-electron chi connectivity index (χ0n) is 12.0. The zero-order chi connectivity index (χ0) is 14.7. The summed E-state index contributed by atoms with van der Waals surface area (Å²) < 4.78 is 4.41. The van der Waals surface area contributed by atoms with Crippen molar-refractivity contribution in [2.75, 3.05) is 31.6 Å². The molecule has 0 radical (unpaired) electrons. The van der Waals surface area contributed by atoms with E-state index < -0.39 is 0 Å². The third-order valence-corrected chi connectivity index (χ3v) is 4.48. The Kier molecular flexibility index (Phi) is 4.15. The first-order valence-corrected chi connectivity index (χ1v) is 7.89. The lowest BCUT2D eigenvalue weighted by Gasteiger charge is -2.20. The van der Waals surface area contributed by atoms with Crippen molar-refractivity contribution in [1.82, 2.24) is 14.3 Å². The summed E-state index contributed by atoms with van der Waals surface area (Å²) in [6.07, 6.45) is 1.68. The van der Waals surface area contributed by atoms with Crippen molar-refractivity contribution in [3.63, 3.8) is 0 Å². The summed E-state index contributed by atoms with van der Waals surface area (Å²) in [6, 6.07) is 9.97. The van der Waals surface area contributed by atoms with Crippen LogP contribution in [0.4, 0.5) is 5.13 Å². The Morgan fingerprint density at radius 1 is 1.33 bits per heavy atom. The molecule has 1 aliphatic heterocycles. The van der Waals surface area contributed by atoms with E-state index in [4.69, 9.17) is 0 Å². The van der Waals surface area contributed by atoms with Gasteiger partial charge >= 0.3 is 0 Å². The molecular formula is C15H18N4OS. The quantitative estimate of drug-likeness (QED) is 0.850. The van der Waals surface area contributed by atoms with Crippen molar-refractivity contribution in [3.05, 3.63) is 30.3 Å². The molecule has 5 nitrogen and oxygen atoms in total. The molecule has 1 aromatic carbocycles. The van der Waals surface area contributed by atoms with Gasteiger partial charge in [0.25, 0.3) is 0 Å². The van der Waals surface area contributed by atoms with Crippen LogP contribution in [0.15, 0.2) is 30.3 Å². The van der Waals surface area contributed by atoms with E-state index in [1.165, 1.54) is 11.5 Å². The van der Waals surface area contributed by atoms with E-state index in [1.54, 1.807) is 0 Å². The number of likely N-dealkylation sites (tertiary alicyclic amines) is 1. The van der Waals surface area contributed by atoms with Crippen molar-refractivity contribution in [2.24, 2.45) is 0 Å². The summed E-state index contributed by atoms with van der Waals surface area (Å²) in [7, 11) is 2.00. The third-order valence-electron chi connectivity index (χ3n) is 3.65. The topological polar surface area (TPSA) is 49.3 Å². The second-order valence-corrected chi connectivity index (χ2v) is 5.90. The van der Waals surface area contributed by atoms with Gasteiger partial charge in [0.05, 0.1) is 0 Å². The fourth-order valence-corrected chi connectivity index (χ4v) is 3.05. The van der Waals surface area contributed by atoms with E-state index in [-0.39, 0.29) is 5.91 Å². The molecule has 0 aliphatic carbocycles.